The van der Waals surface area contributed by atoms with Gasteiger partial charge in [0.25, 0.3) is 0 Å². The summed E-state index contributed by atoms with van der Waals surface area (Å²) in [5.74, 6) is 0.877. The van der Waals surface area contributed by atoms with E-state index in [0.717, 1.165) is 5.56 Å². The Hall–Kier alpha value is -3.22. The topological polar surface area (TPSA) is 68.5 Å². The number of aromatic nitrogens is 2. The summed E-state index contributed by atoms with van der Waals surface area (Å²) in [7, 11) is 1.58. The molecule has 7 heteroatoms. The number of carbonyl (C=O) groups excluding carboxylic acids is 1. The number of anilines is 1. The van der Waals surface area contributed by atoms with Gasteiger partial charge in [-0.1, -0.05) is 17.3 Å². The van der Waals surface area contributed by atoms with E-state index in [4.69, 9.17) is 9.26 Å². The molecule has 1 aliphatic heterocycles. The van der Waals surface area contributed by atoms with E-state index in [2.05, 4.69) is 10.1 Å². The minimum Gasteiger partial charge on any atom is -0.496 e. The van der Waals surface area contributed by atoms with Crippen LogP contribution in [0.25, 0.3) is 11.4 Å². The molecule has 0 saturated carbocycles. The van der Waals surface area contributed by atoms with E-state index in [-0.39, 0.29) is 24.1 Å². The molecule has 2 aromatic carbocycles. The normalized spacial score (nSPS) is 16.9. The number of halogens is 1. The Morgan fingerprint density at radius 3 is 2.73 bits per heavy atom. The van der Waals surface area contributed by atoms with Crippen molar-refractivity contribution in [3.8, 4) is 17.1 Å². The second kappa shape index (κ2) is 6.59. The fourth-order valence-corrected chi connectivity index (χ4v) is 3.08. The average Bonchev–Trinajstić information content (AvgIpc) is 3.29. The highest BCUT2D eigenvalue weighted by atomic mass is 19.1. The third-order valence-electron chi connectivity index (χ3n) is 4.40. The van der Waals surface area contributed by atoms with Crippen LogP contribution in [-0.4, -0.2) is 29.7 Å². The maximum Gasteiger partial charge on any atom is 0.232 e. The minimum absolute atomic E-state index is 0.0568. The van der Waals surface area contributed by atoms with Crippen molar-refractivity contribution in [2.45, 2.75) is 12.3 Å². The number of hydrogen-bond acceptors (Lipinski definition) is 5. The molecular formula is C19H16FN3O3. The summed E-state index contributed by atoms with van der Waals surface area (Å²) in [4.78, 5) is 18.4. The number of benzene rings is 2. The molecule has 4 rings (SSSR count). The molecule has 1 amide bonds. The van der Waals surface area contributed by atoms with Gasteiger partial charge in [0.2, 0.25) is 17.6 Å². The maximum atomic E-state index is 13.1. The molecule has 1 unspecified atom stereocenters. The van der Waals surface area contributed by atoms with Crippen molar-refractivity contribution < 1.29 is 18.4 Å². The number of carbonyl (C=O) groups is 1. The van der Waals surface area contributed by atoms with Gasteiger partial charge >= 0.3 is 0 Å². The van der Waals surface area contributed by atoms with E-state index in [0.29, 0.717) is 29.7 Å². The summed E-state index contributed by atoms with van der Waals surface area (Å²) in [6.07, 6.45) is 0.269. The van der Waals surface area contributed by atoms with Gasteiger partial charge in [0.05, 0.1) is 18.6 Å². The van der Waals surface area contributed by atoms with E-state index in [9.17, 15) is 9.18 Å². The van der Waals surface area contributed by atoms with E-state index in [1.165, 1.54) is 12.1 Å². The van der Waals surface area contributed by atoms with Gasteiger partial charge in [0, 0.05) is 18.7 Å². The molecule has 1 aromatic heterocycles. The first-order valence-corrected chi connectivity index (χ1v) is 8.18. The number of amides is 1. The highest BCUT2D eigenvalue weighted by molar-refractivity contribution is 5.96. The summed E-state index contributed by atoms with van der Waals surface area (Å²) in [5.41, 5.74) is 1.38. The first kappa shape index (κ1) is 16.3. The van der Waals surface area contributed by atoms with Gasteiger partial charge in [0.15, 0.2) is 0 Å². The Bertz CT molecular complexity index is 939. The van der Waals surface area contributed by atoms with Crippen molar-refractivity contribution in [1.29, 1.82) is 0 Å². The summed E-state index contributed by atoms with van der Waals surface area (Å²) in [6, 6.07) is 13.2. The standard InChI is InChI=1S/C19H16FN3O3/c1-25-16-5-3-2-4-15(16)18-21-19(26-22-18)12-10-17(24)23(11-12)14-8-6-13(20)7-9-14/h2-9,12H,10-11H2,1H3. The molecule has 0 bridgehead atoms. The van der Waals surface area contributed by atoms with Crippen LogP contribution in [0.15, 0.2) is 53.1 Å². The van der Waals surface area contributed by atoms with Crippen LogP contribution in [-0.2, 0) is 4.79 Å². The highest BCUT2D eigenvalue weighted by Crippen LogP contribution is 2.33. The van der Waals surface area contributed by atoms with Gasteiger partial charge in [-0.25, -0.2) is 4.39 Å². The van der Waals surface area contributed by atoms with Crippen LogP contribution in [0.4, 0.5) is 10.1 Å². The van der Waals surface area contributed by atoms with Gasteiger partial charge < -0.3 is 14.2 Å². The number of nitrogens with zero attached hydrogens (tertiary/aromatic N) is 3. The van der Waals surface area contributed by atoms with Gasteiger partial charge in [-0.05, 0) is 36.4 Å². The van der Waals surface area contributed by atoms with Crippen molar-refractivity contribution in [1.82, 2.24) is 10.1 Å². The lowest BCUT2D eigenvalue weighted by atomic mass is 10.1. The van der Waals surface area contributed by atoms with E-state index in [1.54, 1.807) is 24.1 Å². The van der Waals surface area contributed by atoms with E-state index < -0.39 is 0 Å². The van der Waals surface area contributed by atoms with Gasteiger partial charge in [-0.2, -0.15) is 4.98 Å². The number of ether oxygens (including phenoxy) is 1. The van der Waals surface area contributed by atoms with Gasteiger partial charge in [-0.3, -0.25) is 4.79 Å². The van der Waals surface area contributed by atoms with Gasteiger partial charge in [-0.15, -0.1) is 0 Å². The third-order valence-corrected chi connectivity index (χ3v) is 4.40. The predicted octanol–water partition coefficient (Wildman–Crippen LogP) is 3.40. The average molecular weight is 353 g/mol. The Morgan fingerprint density at radius 2 is 1.96 bits per heavy atom. The fraction of sp³-hybridized carbons (Fsp3) is 0.211. The van der Waals surface area contributed by atoms with Crippen molar-refractivity contribution in [2.24, 2.45) is 0 Å². The molecule has 1 aliphatic rings. The van der Waals surface area contributed by atoms with Crippen LogP contribution >= 0.6 is 0 Å². The van der Waals surface area contributed by atoms with Crippen molar-refractivity contribution in [2.75, 3.05) is 18.6 Å². The second-order valence-corrected chi connectivity index (χ2v) is 6.04. The molecule has 0 radical (unpaired) electrons. The zero-order chi connectivity index (χ0) is 18.1. The fourth-order valence-electron chi connectivity index (χ4n) is 3.08. The molecule has 0 N–H and O–H groups in total. The Kier molecular flexibility index (Phi) is 4.12. The number of rotatable bonds is 4. The lowest BCUT2D eigenvalue weighted by molar-refractivity contribution is -0.117. The van der Waals surface area contributed by atoms with Crippen LogP contribution < -0.4 is 9.64 Å². The SMILES string of the molecule is COc1ccccc1-c1noc(C2CC(=O)N(c3ccc(F)cc3)C2)n1. The summed E-state index contributed by atoms with van der Waals surface area (Å²) in [6.45, 7) is 0.415. The molecule has 0 spiro atoms. The van der Waals surface area contributed by atoms with Crippen molar-refractivity contribution >= 4 is 11.6 Å². The lowest BCUT2D eigenvalue weighted by Crippen LogP contribution is -2.24. The summed E-state index contributed by atoms with van der Waals surface area (Å²) in [5, 5.41) is 4.03. The van der Waals surface area contributed by atoms with Crippen LogP contribution in [0.2, 0.25) is 0 Å². The largest absolute Gasteiger partial charge is 0.496 e. The van der Waals surface area contributed by atoms with Crippen molar-refractivity contribution in [3.05, 3.63) is 60.2 Å². The first-order chi connectivity index (χ1) is 12.7. The number of hydrogen-bond donors (Lipinski definition) is 0. The van der Waals surface area contributed by atoms with Crippen LogP contribution in [0.3, 0.4) is 0 Å². The predicted molar refractivity (Wildman–Crippen MR) is 92.4 cm³/mol. The zero-order valence-electron chi connectivity index (χ0n) is 14.1. The van der Waals surface area contributed by atoms with Crippen molar-refractivity contribution in [3.63, 3.8) is 0 Å². The Labute approximate surface area is 149 Å². The Morgan fingerprint density at radius 1 is 1.19 bits per heavy atom. The molecule has 0 aliphatic carbocycles. The molecule has 2 heterocycles. The molecule has 26 heavy (non-hydrogen) atoms. The minimum atomic E-state index is -0.338. The highest BCUT2D eigenvalue weighted by Gasteiger charge is 2.35. The Balaban J connectivity index is 1.57. The van der Waals surface area contributed by atoms with Crippen LogP contribution in [0.1, 0.15) is 18.2 Å². The van der Waals surface area contributed by atoms with Crippen LogP contribution in [0, 0.1) is 5.82 Å². The lowest BCUT2D eigenvalue weighted by Gasteiger charge is -2.15. The third kappa shape index (κ3) is 2.92. The summed E-state index contributed by atoms with van der Waals surface area (Å²) < 4.78 is 23.8. The van der Waals surface area contributed by atoms with Crippen LogP contribution in [0.5, 0.6) is 5.75 Å². The first-order valence-electron chi connectivity index (χ1n) is 8.18. The molecule has 132 valence electrons. The van der Waals surface area contributed by atoms with Gasteiger partial charge in [0.1, 0.15) is 11.6 Å². The quantitative estimate of drug-likeness (QED) is 0.719. The maximum absolute atomic E-state index is 13.1. The van der Waals surface area contributed by atoms with E-state index >= 15 is 0 Å². The molecule has 3 aromatic rings. The molecule has 1 saturated heterocycles. The summed E-state index contributed by atoms with van der Waals surface area (Å²) >= 11 is 0. The number of methoxy groups -OCH3 is 1. The smallest absolute Gasteiger partial charge is 0.232 e. The zero-order valence-corrected chi connectivity index (χ0v) is 14.1. The molecule has 1 fully saturated rings. The monoisotopic (exact) mass is 353 g/mol. The van der Waals surface area contributed by atoms with E-state index in [1.807, 2.05) is 24.3 Å². The molecule has 1 atom stereocenters. The second-order valence-electron chi connectivity index (χ2n) is 6.04. The molecule has 6 nitrogen and oxygen atoms in total. The number of para-hydroxylation sites is 1. The molecular weight excluding hydrogens is 337 g/mol.